The Labute approximate surface area is 84.3 Å². The van der Waals surface area contributed by atoms with Crippen molar-refractivity contribution >= 4 is 0 Å². The van der Waals surface area contributed by atoms with Gasteiger partial charge in [0.05, 0.1) is 0 Å². The lowest BCUT2D eigenvalue weighted by molar-refractivity contribution is 0.349. The van der Waals surface area contributed by atoms with Crippen LogP contribution in [0.25, 0.3) is 0 Å². The first-order chi connectivity index (χ1) is 6.15. The van der Waals surface area contributed by atoms with Gasteiger partial charge in [0.1, 0.15) is 0 Å². The van der Waals surface area contributed by atoms with E-state index < -0.39 is 0 Å². The highest BCUT2D eigenvalue weighted by Gasteiger charge is 2.10. The number of rotatable bonds is 7. The minimum Gasteiger partial charge on any atom is -0.314 e. The Balaban J connectivity index is 3.61. The molecule has 0 aliphatic rings. The molecule has 0 saturated heterocycles. The molecule has 0 saturated carbocycles. The number of nitrogens with one attached hydrogen (secondary N) is 1. The van der Waals surface area contributed by atoms with Crippen molar-refractivity contribution in [1.29, 1.82) is 0 Å². The van der Waals surface area contributed by atoms with Crippen LogP contribution in [0.4, 0.5) is 0 Å². The zero-order valence-electron chi connectivity index (χ0n) is 10.1. The average Bonchev–Trinajstić information content (AvgIpc) is 2.17. The van der Waals surface area contributed by atoms with Gasteiger partial charge in [-0.3, -0.25) is 0 Å². The molecule has 0 amide bonds. The molecule has 0 aromatic rings. The molecule has 1 nitrogen and oxygen atoms in total. The lowest BCUT2D eigenvalue weighted by Crippen LogP contribution is -2.35. The topological polar surface area (TPSA) is 12.0 Å². The fourth-order valence-corrected chi connectivity index (χ4v) is 1.48. The third-order valence-corrected chi connectivity index (χ3v) is 3.38. The van der Waals surface area contributed by atoms with Crippen LogP contribution >= 0.6 is 0 Å². The van der Waals surface area contributed by atoms with Gasteiger partial charge >= 0.3 is 0 Å². The molecule has 0 bridgehead atoms. The van der Waals surface area contributed by atoms with Gasteiger partial charge in [0.15, 0.2) is 0 Å². The molecule has 0 rings (SSSR count). The van der Waals surface area contributed by atoms with Gasteiger partial charge in [0, 0.05) is 6.04 Å². The molecule has 2 unspecified atom stereocenters. The molecule has 80 valence electrons. The van der Waals surface area contributed by atoms with Gasteiger partial charge in [0.2, 0.25) is 0 Å². The monoisotopic (exact) mass is 185 g/mol. The summed E-state index contributed by atoms with van der Waals surface area (Å²) in [5, 5.41) is 3.64. The van der Waals surface area contributed by atoms with Crippen molar-refractivity contribution in [3.8, 4) is 0 Å². The first-order valence-electron chi connectivity index (χ1n) is 5.88. The maximum atomic E-state index is 3.64. The van der Waals surface area contributed by atoms with Crippen molar-refractivity contribution in [2.45, 2.75) is 59.9 Å². The second-order valence-electron chi connectivity index (χ2n) is 4.26. The van der Waals surface area contributed by atoms with Crippen LogP contribution in [0.2, 0.25) is 0 Å². The van der Waals surface area contributed by atoms with Crippen molar-refractivity contribution in [2.24, 2.45) is 11.8 Å². The quantitative estimate of drug-likeness (QED) is 0.640. The van der Waals surface area contributed by atoms with Crippen molar-refractivity contribution < 1.29 is 0 Å². The van der Waals surface area contributed by atoms with Gasteiger partial charge < -0.3 is 5.32 Å². The molecule has 0 aliphatic carbocycles. The Morgan fingerprint density at radius 2 is 1.46 bits per heavy atom. The molecule has 13 heavy (non-hydrogen) atoms. The summed E-state index contributed by atoms with van der Waals surface area (Å²) in [6.07, 6.45) is 3.88. The van der Waals surface area contributed by atoms with E-state index in [2.05, 4.69) is 39.9 Å². The van der Waals surface area contributed by atoms with Crippen LogP contribution in [-0.2, 0) is 0 Å². The van der Waals surface area contributed by atoms with Gasteiger partial charge in [-0.15, -0.1) is 0 Å². The maximum absolute atomic E-state index is 3.64. The molecule has 0 fully saturated rings. The second-order valence-corrected chi connectivity index (χ2v) is 4.26. The van der Waals surface area contributed by atoms with Gasteiger partial charge in [-0.1, -0.05) is 47.0 Å². The molecule has 0 heterocycles. The normalized spacial score (nSPS) is 16.2. The molecule has 1 heteroatoms. The molecule has 0 spiro atoms. The lowest BCUT2D eigenvalue weighted by Gasteiger charge is -2.22. The van der Waals surface area contributed by atoms with Crippen LogP contribution < -0.4 is 5.32 Å². The van der Waals surface area contributed by atoms with Crippen molar-refractivity contribution in [3.63, 3.8) is 0 Å². The Morgan fingerprint density at radius 3 is 1.85 bits per heavy atom. The molecule has 1 N–H and O–H groups in total. The van der Waals surface area contributed by atoms with Crippen LogP contribution in [0.3, 0.4) is 0 Å². The van der Waals surface area contributed by atoms with Crippen LogP contribution in [0.5, 0.6) is 0 Å². The highest BCUT2D eigenvalue weighted by Crippen LogP contribution is 2.09. The van der Waals surface area contributed by atoms with Crippen LogP contribution in [0, 0.1) is 11.8 Å². The van der Waals surface area contributed by atoms with Crippen molar-refractivity contribution in [1.82, 2.24) is 5.32 Å². The number of hydrogen-bond donors (Lipinski definition) is 1. The van der Waals surface area contributed by atoms with E-state index in [9.17, 15) is 0 Å². The number of hydrogen-bond acceptors (Lipinski definition) is 1. The van der Waals surface area contributed by atoms with Crippen molar-refractivity contribution in [3.05, 3.63) is 0 Å². The fraction of sp³-hybridized carbons (Fsp3) is 1.00. The Hall–Kier alpha value is -0.0400. The smallest absolute Gasteiger partial charge is 0.00643 e. The molecule has 0 aliphatic heterocycles. The zero-order valence-corrected chi connectivity index (χ0v) is 10.1. The van der Waals surface area contributed by atoms with E-state index in [1.165, 1.54) is 25.8 Å². The summed E-state index contributed by atoms with van der Waals surface area (Å²) < 4.78 is 0. The van der Waals surface area contributed by atoms with Crippen LogP contribution in [-0.4, -0.2) is 12.6 Å². The third kappa shape index (κ3) is 5.30. The third-order valence-electron chi connectivity index (χ3n) is 3.38. The minimum absolute atomic E-state index is 0.672. The van der Waals surface area contributed by atoms with E-state index in [0.29, 0.717) is 6.04 Å². The van der Waals surface area contributed by atoms with Crippen LogP contribution in [0.15, 0.2) is 0 Å². The molecule has 0 radical (unpaired) electrons. The highest BCUT2D eigenvalue weighted by atomic mass is 14.9. The van der Waals surface area contributed by atoms with E-state index in [1.54, 1.807) is 0 Å². The van der Waals surface area contributed by atoms with E-state index in [1.807, 2.05) is 0 Å². The predicted molar refractivity (Wildman–Crippen MR) is 61.0 cm³/mol. The fourth-order valence-electron chi connectivity index (χ4n) is 1.48. The van der Waals surface area contributed by atoms with Crippen LogP contribution in [0.1, 0.15) is 53.9 Å². The van der Waals surface area contributed by atoms with Gasteiger partial charge in [-0.2, -0.15) is 0 Å². The first kappa shape index (κ1) is 13.0. The SMILES string of the molecule is CCC(CC)CNC(C)C(C)CC. The largest absolute Gasteiger partial charge is 0.314 e. The first-order valence-corrected chi connectivity index (χ1v) is 5.88. The molecular weight excluding hydrogens is 158 g/mol. The summed E-state index contributed by atoms with van der Waals surface area (Å²) in [5.74, 6) is 1.67. The summed E-state index contributed by atoms with van der Waals surface area (Å²) in [4.78, 5) is 0. The molecule has 2 atom stereocenters. The Bertz CT molecular complexity index is 108. The maximum Gasteiger partial charge on any atom is 0.00643 e. The standard InChI is InChI=1S/C12H27N/c1-6-10(4)11(5)13-9-12(7-2)8-3/h10-13H,6-9H2,1-5H3. The summed E-state index contributed by atoms with van der Waals surface area (Å²) >= 11 is 0. The average molecular weight is 185 g/mol. The lowest BCUT2D eigenvalue weighted by atomic mass is 9.98. The summed E-state index contributed by atoms with van der Waals surface area (Å²) in [6.45, 7) is 12.6. The molecular formula is C12H27N. The Kier molecular flexibility index (Phi) is 7.35. The summed E-state index contributed by atoms with van der Waals surface area (Å²) in [7, 11) is 0. The van der Waals surface area contributed by atoms with E-state index in [0.717, 1.165) is 11.8 Å². The van der Waals surface area contributed by atoms with E-state index >= 15 is 0 Å². The second kappa shape index (κ2) is 7.37. The summed E-state index contributed by atoms with van der Waals surface area (Å²) in [5.41, 5.74) is 0. The van der Waals surface area contributed by atoms with Crippen molar-refractivity contribution in [2.75, 3.05) is 6.54 Å². The Morgan fingerprint density at radius 1 is 0.923 bits per heavy atom. The van der Waals surface area contributed by atoms with E-state index in [-0.39, 0.29) is 0 Å². The molecule has 0 aromatic carbocycles. The molecule has 0 aromatic heterocycles. The summed E-state index contributed by atoms with van der Waals surface area (Å²) in [6, 6.07) is 0.672. The van der Waals surface area contributed by atoms with Gasteiger partial charge in [-0.05, 0) is 25.3 Å². The minimum atomic E-state index is 0.672. The predicted octanol–water partition coefficient (Wildman–Crippen LogP) is 3.45. The zero-order chi connectivity index (χ0) is 10.3. The van der Waals surface area contributed by atoms with Gasteiger partial charge in [0.25, 0.3) is 0 Å². The van der Waals surface area contributed by atoms with E-state index in [4.69, 9.17) is 0 Å². The highest BCUT2D eigenvalue weighted by molar-refractivity contribution is 4.69. The van der Waals surface area contributed by atoms with Gasteiger partial charge in [-0.25, -0.2) is 0 Å².